The molecule has 0 aliphatic carbocycles. The van der Waals surface area contributed by atoms with E-state index < -0.39 is 5.54 Å². The van der Waals surface area contributed by atoms with Crippen LogP contribution in [-0.4, -0.2) is 77.4 Å². The van der Waals surface area contributed by atoms with Gasteiger partial charge in [0, 0.05) is 54.9 Å². The maximum Gasteiger partial charge on any atom is 0.261 e. The average Bonchev–Trinajstić information content (AvgIpc) is 3.19. The highest BCUT2D eigenvalue weighted by Crippen LogP contribution is 2.39. The molecule has 0 unspecified atom stereocenters. The summed E-state index contributed by atoms with van der Waals surface area (Å²) in [4.78, 5) is 47.8. The quantitative estimate of drug-likeness (QED) is 0.386. The number of anilines is 1. The van der Waals surface area contributed by atoms with Gasteiger partial charge in [0.25, 0.3) is 11.8 Å². The van der Waals surface area contributed by atoms with Gasteiger partial charge in [0.1, 0.15) is 5.54 Å². The van der Waals surface area contributed by atoms with Crippen molar-refractivity contribution < 1.29 is 14.4 Å². The van der Waals surface area contributed by atoms with Crippen molar-refractivity contribution in [1.82, 2.24) is 14.7 Å². The highest BCUT2D eigenvalue weighted by atomic mass is 16.2. The van der Waals surface area contributed by atoms with Gasteiger partial charge in [-0.25, -0.2) is 0 Å². The van der Waals surface area contributed by atoms with E-state index >= 15 is 0 Å². The highest BCUT2D eigenvalue weighted by molar-refractivity contribution is 6.25. The summed E-state index contributed by atoms with van der Waals surface area (Å²) in [5.41, 5.74) is 1.64. The number of nitrogens with zero attached hydrogens (tertiary/aromatic N) is 4. The van der Waals surface area contributed by atoms with Crippen molar-refractivity contribution >= 4 is 34.2 Å². The standard InChI is InChI=1S/C30H30N4O3/c1-2-16-32-21-34(23-10-4-3-5-11-23)30(29(32)37)14-17-31(18-15-30)19-20-33-27(35)24-12-6-8-22-9-7-13-25(26(22)24)28(33)36/h2-13H,1,14-21H2. The summed E-state index contributed by atoms with van der Waals surface area (Å²) in [6, 6.07) is 21.3. The Bertz CT molecular complexity index is 1340. The van der Waals surface area contributed by atoms with Crippen LogP contribution in [0.5, 0.6) is 0 Å². The maximum absolute atomic E-state index is 13.6. The number of likely N-dealkylation sites (tertiary alicyclic amines) is 1. The molecule has 3 aromatic rings. The van der Waals surface area contributed by atoms with E-state index in [9.17, 15) is 14.4 Å². The third-order valence-electron chi connectivity index (χ3n) is 8.11. The third-order valence-corrected chi connectivity index (χ3v) is 8.11. The Labute approximate surface area is 216 Å². The van der Waals surface area contributed by atoms with E-state index in [2.05, 4.69) is 28.5 Å². The topological polar surface area (TPSA) is 64.2 Å². The lowest BCUT2D eigenvalue weighted by molar-refractivity contribution is -0.133. The minimum Gasteiger partial charge on any atom is -0.339 e. The van der Waals surface area contributed by atoms with Crippen molar-refractivity contribution in [1.29, 1.82) is 0 Å². The molecule has 188 valence electrons. The molecule has 0 atom stereocenters. The van der Waals surface area contributed by atoms with Crippen LogP contribution in [0.4, 0.5) is 5.69 Å². The predicted molar refractivity (Wildman–Crippen MR) is 143 cm³/mol. The van der Waals surface area contributed by atoms with Crippen molar-refractivity contribution in [3.63, 3.8) is 0 Å². The van der Waals surface area contributed by atoms with Crippen molar-refractivity contribution in [2.75, 3.05) is 44.3 Å². The van der Waals surface area contributed by atoms with E-state index in [0.29, 0.717) is 50.3 Å². The molecular formula is C30H30N4O3. The summed E-state index contributed by atoms with van der Waals surface area (Å²) in [7, 11) is 0. The molecule has 2 fully saturated rings. The molecule has 7 heteroatoms. The first-order chi connectivity index (χ1) is 18.0. The minimum atomic E-state index is -0.577. The Balaban J connectivity index is 1.17. The Hall–Kier alpha value is -3.97. The number of carbonyl (C=O) groups excluding carboxylic acids is 3. The van der Waals surface area contributed by atoms with Crippen molar-refractivity contribution in [2.45, 2.75) is 18.4 Å². The molecule has 0 N–H and O–H groups in total. The summed E-state index contributed by atoms with van der Waals surface area (Å²) in [5.74, 6) is -0.310. The highest BCUT2D eigenvalue weighted by Gasteiger charge is 2.53. The molecule has 3 amide bonds. The number of carbonyl (C=O) groups is 3. The van der Waals surface area contributed by atoms with Crippen LogP contribution in [0, 0.1) is 0 Å². The summed E-state index contributed by atoms with van der Waals surface area (Å²) >= 11 is 0. The molecule has 7 nitrogen and oxygen atoms in total. The first-order valence-electron chi connectivity index (χ1n) is 12.9. The van der Waals surface area contributed by atoms with E-state index in [0.717, 1.165) is 29.5 Å². The summed E-state index contributed by atoms with van der Waals surface area (Å²) in [5, 5.41) is 1.66. The van der Waals surface area contributed by atoms with Gasteiger partial charge in [0.05, 0.1) is 6.67 Å². The lowest BCUT2D eigenvalue weighted by Gasteiger charge is -2.43. The van der Waals surface area contributed by atoms with Crippen molar-refractivity contribution in [3.8, 4) is 0 Å². The molecule has 0 bridgehead atoms. The lowest BCUT2D eigenvalue weighted by atomic mass is 9.85. The van der Waals surface area contributed by atoms with Gasteiger partial charge in [-0.2, -0.15) is 0 Å². The number of para-hydroxylation sites is 1. The van der Waals surface area contributed by atoms with Gasteiger partial charge >= 0.3 is 0 Å². The third kappa shape index (κ3) is 3.73. The molecule has 3 heterocycles. The van der Waals surface area contributed by atoms with Crippen LogP contribution in [0.25, 0.3) is 10.8 Å². The normalized spacial score (nSPS) is 19.4. The second-order valence-corrected chi connectivity index (χ2v) is 10.1. The molecule has 3 aromatic carbocycles. The van der Waals surface area contributed by atoms with Crippen molar-refractivity contribution in [3.05, 3.63) is 90.5 Å². The summed E-state index contributed by atoms with van der Waals surface area (Å²) in [6.07, 6.45) is 3.16. The van der Waals surface area contributed by atoms with Gasteiger partial charge in [-0.1, -0.05) is 48.5 Å². The Kier molecular flexibility index (Phi) is 5.80. The van der Waals surface area contributed by atoms with E-state index in [4.69, 9.17) is 0 Å². The molecular weight excluding hydrogens is 464 g/mol. The van der Waals surface area contributed by atoms with E-state index in [1.165, 1.54) is 4.90 Å². The Morgan fingerprint density at radius 2 is 1.46 bits per heavy atom. The van der Waals surface area contributed by atoms with E-state index in [1.807, 2.05) is 47.4 Å². The number of imide groups is 1. The zero-order chi connectivity index (χ0) is 25.6. The Morgan fingerprint density at radius 1 is 0.811 bits per heavy atom. The number of benzene rings is 3. The number of amides is 3. The smallest absolute Gasteiger partial charge is 0.261 e. The summed E-state index contributed by atoms with van der Waals surface area (Å²) in [6.45, 7) is 7.27. The molecule has 3 aliphatic rings. The fourth-order valence-electron chi connectivity index (χ4n) is 6.17. The number of rotatable bonds is 6. The van der Waals surface area contributed by atoms with Crippen LogP contribution >= 0.6 is 0 Å². The first kappa shape index (κ1) is 23.4. The molecule has 0 aromatic heterocycles. The van der Waals surface area contributed by atoms with Crippen molar-refractivity contribution in [2.24, 2.45) is 0 Å². The monoisotopic (exact) mass is 494 g/mol. The molecule has 6 rings (SSSR count). The second-order valence-electron chi connectivity index (χ2n) is 10.1. The van der Waals surface area contributed by atoms with Crippen LogP contribution in [0.3, 0.4) is 0 Å². The average molecular weight is 495 g/mol. The van der Waals surface area contributed by atoms with Gasteiger partial charge in [0.15, 0.2) is 0 Å². The molecule has 37 heavy (non-hydrogen) atoms. The molecule has 0 saturated carbocycles. The van der Waals surface area contributed by atoms with Crippen LogP contribution in [0.15, 0.2) is 79.4 Å². The fraction of sp³-hybridized carbons (Fsp3) is 0.300. The summed E-state index contributed by atoms with van der Waals surface area (Å²) < 4.78 is 0. The van der Waals surface area contributed by atoms with E-state index in [-0.39, 0.29) is 17.7 Å². The molecule has 0 radical (unpaired) electrons. The largest absolute Gasteiger partial charge is 0.339 e. The second kappa shape index (κ2) is 9.16. The van der Waals surface area contributed by atoms with Crippen LogP contribution < -0.4 is 4.90 Å². The number of piperidine rings is 1. The van der Waals surface area contributed by atoms with Crippen LogP contribution in [0.1, 0.15) is 33.6 Å². The first-order valence-corrected chi connectivity index (χ1v) is 12.9. The van der Waals surface area contributed by atoms with Gasteiger partial charge in [-0.15, -0.1) is 6.58 Å². The lowest BCUT2D eigenvalue weighted by Crippen LogP contribution is -2.57. The maximum atomic E-state index is 13.6. The van der Waals surface area contributed by atoms with Crippen LogP contribution in [-0.2, 0) is 4.79 Å². The molecule has 2 saturated heterocycles. The van der Waals surface area contributed by atoms with Gasteiger partial charge in [-0.05, 0) is 42.5 Å². The Morgan fingerprint density at radius 3 is 2.08 bits per heavy atom. The van der Waals surface area contributed by atoms with Gasteiger partial charge in [-0.3, -0.25) is 19.3 Å². The van der Waals surface area contributed by atoms with E-state index in [1.54, 1.807) is 18.2 Å². The fourth-order valence-corrected chi connectivity index (χ4v) is 6.17. The SMILES string of the molecule is C=CCN1CN(c2ccccc2)C2(CCN(CCN3C(=O)c4cccc5cccc(c45)C3=O)CC2)C1=O. The van der Waals surface area contributed by atoms with Gasteiger partial charge < -0.3 is 14.7 Å². The molecule has 1 spiro atoms. The number of hydrogen-bond donors (Lipinski definition) is 0. The zero-order valence-corrected chi connectivity index (χ0v) is 20.8. The zero-order valence-electron chi connectivity index (χ0n) is 20.8. The molecule has 3 aliphatic heterocycles. The van der Waals surface area contributed by atoms with Gasteiger partial charge in [0.2, 0.25) is 5.91 Å². The number of hydrogen-bond acceptors (Lipinski definition) is 5. The minimum absolute atomic E-state index is 0.155. The van der Waals surface area contributed by atoms with Crippen LogP contribution in [0.2, 0.25) is 0 Å². The predicted octanol–water partition coefficient (Wildman–Crippen LogP) is 3.76.